The molecule has 0 bridgehead atoms. The van der Waals surface area contributed by atoms with Crippen molar-refractivity contribution in [3.8, 4) is 6.07 Å². The van der Waals surface area contributed by atoms with Crippen molar-refractivity contribution in [1.29, 1.82) is 5.26 Å². The molecule has 0 aromatic carbocycles. The van der Waals surface area contributed by atoms with Gasteiger partial charge in [0.25, 0.3) is 0 Å². The summed E-state index contributed by atoms with van der Waals surface area (Å²) < 4.78 is 0. The summed E-state index contributed by atoms with van der Waals surface area (Å²) in [5.41, 5.74) is 1.64. The van der Waals surface area contributed by atoms with Crippen LogP contribution in [0.15, 0.2) is 11.6 Å². The summed E-state index contributed by atoms with van der Waals surface area (Å²) in [4.78, 5) is 11.9. The van der Waals surface area contributed by atoms with E-state index in [-0.39, 0.29) is 10.8 Å². The van der Waals surface area contributed by atoms with Gasteiger partial charge in [0.05, 0.1) is 11.5 Å². The molecule has 0 saturated heterocycles. The lowest BCUT2D eigenvalue weighted by Crippen LogP contribution is -2.53. The van der Waals surface area contributed by atoms with Crippen molar-refractivity contribution in [1.82, 2.24) is 0 Å². The maximum absolute atomic E-state index is 11.9. The van der Waals surface area contributed by atoms with Gasteiger partial charge in [-0.15, -0.1) is 0 Å². The number of hydrogen-bond donors (Lipinski definition) is 0. The topological polar surface area (TPSA) is 40.9 Å². The number of allylic oxidation sites excluding steroid dienone is 1. The molecule has 5 aliphatic rings. The van der Waals surface area contributed by atoms with Crippen LogP contribution < -0.4 is 0 Å². The molecule has 1 unspecified atom stereocenters. The molecule has 2 nitrogen and oxygen atoms in total. The SMILES string of the molecule is CC[C@]1(C#N)[C@H]2C[C@H]2[C@H]2[C@@H]3C(C)CC4=CC(=O)CC[C@@H]4[C@H]3CC[C@@]21C. The molecular weight excluding hydrogens is 306 g/mol. The van der Waals surface area contributed by atoms with Gasteiger partial charge in [-0.1, -0.05) is 26.3 Å². The van der Waals surface area contributed by atoms with E-state index in [4.69, 9.17) is 0 Å². The van der Waals surface area contributed by atoms with Crippen LogP contribution in [-0.2, 0) is 4.79 Å². The molecule has 4 fully saturated rings. The Kier molecular flexibility index (Phi) is 3.22. The predicted molar refractivity (Wildman–Crippen MR) is 97.3 cm³/mol. The normalized spacial score (nSPS) is 56.0. The van der Waals surface area contributed by atoms with E-state index < -0.39 is 0 Å². The van der Waals surface area contributed by atoms with E-state index in [2.05, 4.69) is 26.8 Å². The third-order valence-electron chi connectivity index (χ3n) is 9.61. The van der Waals surface area contributed by atoms with E-state index in [0.29, 0.717) is 23.5 Å². The van der Waals surface area contributed by atoms with Crippen molar-refractivity contribution in [2.45, 2.75) is 65.7 Å². The highest BCUT2D eigenvalue weighted by Crippen LogP contribution is 2.80. The smallest absolute Gasteiger partial charge is 0.155 e. The van der Waals surface area contributed by atoms with Crippen molar-refractivity contribution in [3.63, 3.8) is 0 Å². The minimum Gasteiger partial charge on any atom is -0.295 e. The summed E-state index contributed by atoms with van der Waals surface area (Å²) in [6.07, 6.45) is 9.85. The standard InChI is InChI=1S/C23H31NO/c1-4-23(12-24)19-11-18(19)21-20-13(2)9-14-10-15(25)5-6-16(14)17(20)7-8-22(21,23)3/h10,13,16-21H,4-9,11H2,1-3H3/t13?,16-,17+,18+,19-,20+,21-,22-,23-/m0/s1. The largest absolute Gasteiger partial charge is 0.295 e. The number of carbonyl (C=O) groups is 1. The summed E-state index contributed by atoms with van der Waals surface area (Å²) in [5.74, 6) is 5.50. The zero-order valence-electron chi connectivity index (χ0n) is 15.9. The first-order valence-electron chi connectivity index (χ1n) is 10.6. The van der Waals surface area contributed by atoms with Crippen LogP contribution in [0, 0.1) is 63.6 Å². The van der Waals surface area contributed by atoms with Crippen molar-refractivity contribution >= 4 is 5.78 Å². The van der Waals surface area contributed by atoms with Crippen LogP contribution in [0.3, 0.4) is 0 Å². The second-order valence-corrected chi connectivity index (χ2v) is 10.2. The van der Waals surface area contributed by atoms with Gasteiger partial charge in [0, 0.05) is 6.42 Å². The first kappa shape index (κ1) is 16.1. The van der Waals surface area contributed by atoms with Gasteiger partial charge in [-0.05, 0) is 91.4 Å². The first-order chi connectivity index (χ1) is 12.0. The second-order valence-electron chi connectivity index (χ2n) is 10.2. The molecule has 0 amide bonds. The van der Waals surface area contributed by atoms with Gasteiger partial charge < -0.3 is 0 Å². The predicted octanol–water partition coefficient (Wildman–Crippen LogP) is 5.15. The lowest BCUT2D eigenvalue weighted by atomic mass is 9.45. The van der Waals surface area contributed by atoms with Gasteiger partial charge in [-0.3, -0.25) is 4.79 Å². The van der Waals surface area contributed by atoms with Gasteiger partial charge in [0.2, 0.25) is 0 Å². The summed E-state index contributed by atoms with van der Waals surface area (Å²) >= 11 is 0. The number of nitriles is 1. The van der Waals surface area contributed by atoms with Crippen molar-refractivity contribution in [2.75, 3.05) is 0 Å². The van der Waals surface area contributed by atoms with E-state index >= 15 is 0 Å². The fourth-order valence-corrected chi connectivity index (χ4v) is 8.67. The number of rotatable bonds is 1. The highest BCUT2D eigenvalue weighted by Gasteiger charge is 2.76. The lowest BCUT2D eigenvalue weighted by Gasteiger charge is -2.58. The van der Waals surface area contributed by atoms with Crippen LogP contribution >= 0.6 is 0 Å². The molecule has 2 heteroatoms. The molecule has 0 heterocycles. The van der Waals surface area contributed by atoms with E-state index in [9.17, 15) is 10.1 Å². The molecule has 0 aliphatic heterocycles. The lowest BCUT2D eigenvalue weighted by molar-refractivity contribution is -0.117. The maximum Gasteiger partial charge on any atom is 0.155 e. The summed E-state index contributed by atoms with van der Waals surface area (Å²) in [5, 5.41) is 10.2. The zero-order valence-corrected chi connectivity index (χ0v) is 15.9. The van der Waals surface area contributed by atoms with Crippen molar-refractivity contribution in [2.24, 2.45) is 52.3 Å². The van der Waals surface area contributed by atoms with Crippen LogP contribution in [-0.4, -0.2) is 5.78 Å². The second kappa shape index (κ2) is 4.99. The first-order valence-corrected chi connectivity index (χ1v) is 10.6. The average molecular weight is 338 g/mol. The molecule has 0 spiro atoms. The Balaban J connectivity index is 1.56. The molecular formula is C23H31NO. The molecule has 25 heavy (non-hydrogen) atoms. The van der Waals surface area contributed by atoms with Gasteiger partial charge >= 0.3 is 0 Å². The Bertz CT molecular complexity index is 701. The molecule has 5 aliphatic carbocycles. The van der Waals surface area contributed by atoms with Gasteiger partial charge in [0.1, 0.15) is 0 Å². The molecule has 0 aromatic rings. The van der Waals surface area contributed by atoms with Crippen LogP contribution in [0.25, 0.3) is 0 Å². The van der Waals surface area contributed by atoms with Crippen molar-refractivity contribution < 1.29 is 4.79 Å². The summed E-state index contributed by atoms with van der Waals surface area (Å²) in [7, 11) is 0. The fraction of sp³-hybridized carbons (Fsp3) is 0.826. The molecule has 134 valence electrons. The number of hydrogen-bond acceptors (Lipinski definition) is 2. The van der Waals surface area contributed by atoms with E-state index in [0.717, 1.165) is 49.4 Å². The molecule has 0 aromatic heterocycles. The number of carbonyl (C=O) groups excluding carboxylic acids is 1. The molecule has 5 rings (SSSR count). The summed E-state index contributed by atoms with van der Waals surface area (Å²) in [6, 6.07) is 2.87. The highest BCUT2D eigenvalue weighted by molar-refractivity contribution is 5.91. The van der Waals surface area contributed by atoms with E-state index in [1.165, 1.54) is 24.8 Å². The minimum absolute atomic E-state index is 0.0638. The van der Waals surface area contributed by atoms with Crippen LogP contribution in [0.1, 0.15) is 65.7 Å². The number of ketones is 1. The Morgan fingerprint density at radius 3 is 2.84 bits per heavy atom. The number of fused-ring (bicyclic) bond motifs is 7. The average Bonchev–Trinajstić information content (AvgIpc) is 3.33. The van der Waals surface area contributed by atoms with Crippen molar-refractivity contribution in [3.05, 3.63) is 11.6 Å². The zero-order chi connectivity index (χ0) is 17.6. The Hall–Kier alpha value is -1.10. The van der Waals surface area contributed by atoms with Gasteiger partial charge in [-0.25, -0.2) is 0 Å². The monoisotopic (exact) mass is 337 g/mol. The third-order valence-corrected chi connectivity index (χ3v) is 9.61. The Morgan fingerprint density at radius 1 is 1.32 bits per heavy atom. The fourth-order valence-electron chi connectivity index (χ4n) is 8.67. The molecule has 0 N–H and O–H groups in total. The quantitative estimate of drug-likeness (QED) is 0.664. The van der Waals surface area contributed by atoms with E-state index in [1.54, 1.807) is 0 Å². The Labute approximate surface area is 152 Å². The molecule has 9 atom stereocenters. The Morgan fingerprint density at radius 2 is 2.12 bits per heavy atom. The molecule has 0 radical (unpaired) electrons. The van der Waals surface area contributed by atoms with Crippen LogP contribution in [0.2, 0.25) is 0 Å². The van der Waals surface area contributed by atoms with E-state index in [1.807, 2.05) is 6.08 Å². The van der Waals surface area contributed by atoms with Gasteiger partial charge in [-0.2, -0.15) is 5.26 Å². The van der Waals surface area contributed by atoms with Crippen LogP contribution in [0.5, 0.6) is 0 Å². The minimum atomic E-state index is -0.0638. The number of nitrogens with zero attached hydrogens (tertiary/aromatic N) is 1. The highest BCUT2D eigenvalue weighted by atomic mass is 16.1. The van der Waals surface area contributed by atoms with Crippen LogP contribution in [0.4, 0.5) is 0 Å². The summed E-state index contributed by atoms with van der Waals surface area (Å²) in [6.45, 7) is 7.18. The molecule has 4 saturated carbocycles. The maximum atomic E-state index is 11.9. The van der Waals surface area contributed by atoms with Gasteiger partial charge in [0.15, 0.2) is 5.78 Å². The third kappa shape index (κ3) is 1.78.